The second-order valence-electron chi connectivity index (χ2n) is 7.31. The molecule has 0 spiro atoms. The molecule has 7 nitrogen and oxygen atoms in total. The molecule has 2 aromatic carbocycles. The zero-order valence-corrected chi connectivity index (χ0v) is 17.3. The van der Waals surface area contributed by atoms with Gasteiger partial charge in [0, 0.05) is 18.8 Å². The zero-order valence-electron chi connectivity index (χ0n) is 17.3. The van der Waals surface area contributed by atoms with Crippen molar-refractivity contribution in [3.05, 3.63) is 48.0 Å². The van der Waals surface area contributed by atoms with E-state index in [-0.39, 0.29) is 18.2 Å². The Kier molecular flexibility index (Phi) is 6.39. The van der Waals surface area contributed by atoms with Crippen molar-refractivity contribution >= 4 is 23.2 Å². The maximum absolute atomic E-state index is 12.6. The number of benzene rings is 2. The highest BCUT2D eigenvalue weighted by atomic mass is 16.5. The number of carbonyl (C=O) groups is 2. The Morgan fingerprint density at radius 1 is 1.21 bits per heavy atom. The van der Waals surface area contributed by atoms with Crippen LogP contribution in [0.25, 0.3) is 0 Å². The monoisotopic (exact) mass is 397 g/mol. The molecule has 1 unspecified atom stereocenters. The molecule has 0 saturated heterocycles. The minimum Gasteiger partial charge on any atom is -0.497 e. The lowest BCUT2D eigenvalue weighted by Gasteiger charge is -2.34. The first-order valence-corrected chi connectivity index (χ1v) is 9.57. The molecule has 0 aromatic heterocycles. The summed E-state index contributed by atoms with van der Waals surface area (Å²) in [5.74, 6) is 1.18. The van der Waals surface area contributed by atoms with E-state index in [1.165, 1.54) is 0 Å². The third-order valence-corrected chi connectivity index (χ3v) is 4.75. The smallest absolute Gasteiger partial charge is 0.267 e. The van der Waals surface area contributed by atoms with E-state index < -0.39 is 6.10 Å². The van der Waals surface area contributed by atoms with Gasteiger partial charge in [-0.1, -0.05) is 12.1 Å². The Bertz CT molecular complexity index is 880. The fourth-order valence-electron chi connectivity index (χ4n) is 3.15. The molecule has 3 rings (SSSR count). The summed E-state index contributed by atoms with van der Waals surface area (Å²) < 4.78 is 10.9. The predicted octanol–water partition coefficient (Wildman–Crippen LogP) is 2.55. The number of nitrogens with zero attached hydrogens (tertiary/aromatic N) is 2. The van der Waals surface area contributed by atoms with Crippen LogP contribution in [-0.4, -0.2) is 57.1 Å². The molecule has 0 bridgehead atoms. The van der Waals surface area contributed by atoms with Gasteiger partial charge in [-0.25, -0.2) is 0 Å². The zero-order chi connectivity index (χ0) is 21.0. The van der Waals surface area contributed by atoms with Crippen LogP contribution >= 0.6 is 0 Å². The number of fused-ring (bicyclic) bond motifs is 1. The molecule has 0 aliphatic carbocycles. The maximum atomic E-state index is 12.6. The SMILES string of the molecule is COc1ccc(CC(=O)Nc2ccc3c(c2)N(CCN(C)C)C(=O)C(C)O3)cc1. The molecule has 2 amide bonds. The topological polar surface area (TPSA) is 71.1 Å². The molecule has 1 N–H and O–H groups in total. The lowest BCUT2D eigenvalue weighted by molar-refractivity contribution is -0.125. The van der Waals surface area contributed by atoms with Crippen molar-refractivity contribution in [2.24, 2.45) is 0 Å². The number of hydrogen-bond acceptors (Lipinski definition) is 5. The van der Waals surface area contributed by atoms with E-state index in [1.807, 2.05) is 43.3 Å². The second kappa shape index (κ2) is 8.96. The number of anilines is 2. The third-order valence-electron chi connectivity index (χ3n) is 4.75. The van der Waals surface area contributed by atoms with Crippen LogP contribution < -0.4 is 19.7 Å². The summed E-state index contributed by atoms with van der Waals surface area (Å²) in [5, 5.41) is 2.91. The lowest BCUT2D eigenvalue weighted by atomic mass is 10.1. The average Bonchev–Trinajstić information content (AvgIpc) is 2.69. The standard InChI is InChI=1S/C22H27N3O4/c1-15-22(27)25(12-11-24(2)3)19-14-17(7-10-20(19)29-15)23-21(26)13-16-5-8-18(28-4)9-6-16/h5-10,14-15H,11-13H2,1-4H3,(H,23,26). The number of carbonyl (C=O) groups excluding carboxylic acids is 2. The number of ether oxygens (including phenoxy) is 2. The van der Waals surface area contributed by atoms with Crippen LogP contribution in [0.1, 0.15) is 12.5 Å². The predicted molar refractivity (Wildman–Crippen MR) is 113 cm³/mol. The van der Waals surface area contributed by atoms with Crippen molar-refractivity contribution in [1.29, 1.82) is 0 Å². The van der Waals surface area contributed by atoms with Gasteiger partial charge >= 0.3 is 0 Å². The van der Waals surface area contributed by atoms with Gasteiger partial charge in [-0.2, -0.15) is 0 Å². The van der Waals surface area contributed by atoms with Gasteiger partial charge in [0.1, 0.15) is 11.5 Å². The largest absolute Gasteiger partial charge is 0.497 e. The number of hydrogen-bond donors (Lipinski definition) is 1. The fraction of sp³-hybridized carbons (Fsp3) is 0.364. The van der Waals surface area contributed by atoms with Crippen molar-refractivity contribution in [3.8, 4) is 11.5 Å². The Morgan fingerprint density at radius 2 is 1.93 bits per heavy atom. The molecule has 2 aromatic rings. The van der Waals surface area contributed by atoms with Gasteiger partial charge in [-0.15, -0.1) is 0 Å². The molecule has 1 heterocycles. The summed E-state index contributed by atoms with van der Waals surface area (Å²) in [5.41, 5.74) is 2.20. The molecule has 0 saturated carbocycles. The van der Waals surface area contributed by atoms with Gasteiger partial charge in [-0.05, 0) is 56.9 Å². The van der Waals surface area contributed by atoms with Crippen molar-refractivity contribution in [1.82, 2.24) is 4.90 Å². The van der Waals surface area contributed by atoms with Gasteiger partial charge < -0.3 is 24.6 Å². The van der Waals surface area contributed by atoms with E-state index in [0.717, 1.165) is 17.9 Å². The van der Waals surface area contributed by atoms with Gasteiger partial charge in [0.2, 0.25) is 5.91 Å². The summed E-state index contributed by atoms with van der Waals surface area (Å²) in [6, 6.07) is 12.8. The van der Waals surface area contributed by atoms with Gasteiger partial charge in [0.05, 0.1) is 19.2 Å². The van der Waals surface area contributed by atoms with Crippen LogP contribution in [0.5, 0.6) is 11.5 Å². The third kappa shape index (κ3) is 5.06. The Hall–Kier alpha value is -3.06. The highest BCUT2D eigenvalue weighted by molar-refractivity contribution is 6.01. The van der Waals surface area contributed by atoms with E-state index in [4.69, 9.17) is 9.47 Å². The quantitative estimate of drug-likeness (QED) is 0.778. The maximum Gasteiger partial charge on any atom is 0.267 e. The number of nitrogens with one attached hydrogen (secondary N) is 1. The second-order valence-corrected chi connectivity index (χ2v) is 7.31. The van der Waals surface area contributed by atoms with E-state index in [2.05, 4.69) is 5.32 Å². The van der Waals surface area contributed by atoms with E-state index in [1.54, 1.807) is 37.1 Å². The molecule has 1 aliphatic rings. The van der Waals surface area contributed by atoms with Crippen molar-refractivity contribution in [2.75, 3.05) is 44.5 Å². The molecule has 7 heteroatoms. The Morgan fingerprint density at radius 3 is 2.59 bits per heavy atom. The van der Waals surface area contributed by atoms with Gasteiger partial charge in [0.25, 0.3) is 5.91 Å². The normalized spacial score (nSPS) is 15.7. The van der Waals surface area contributed by atoms with Crippen LogP contribution in [0.4, 0.5) is 11.4 Å². The minimum absolute atomic E-state index is 0.0824. The first-order valence-electron chi connectivity index (χ1n) is 9.57. The molecule has 1 atom stereocenters. The van der Waals surface area contributed by atoms with Crippen LogP contribution in [0.2, 0.25) is 0 Å². The molecule has 0 radical (unpaired) electrons. The highest BCUT2D eigenvalue weighted by Gasteiger charge is 2.31. The minimum atomic E-state index is -0.528. The summed E-state index contributed by atoms with van der Waals surface area (Å²) in [6.07, 6.45) is -0.280. The summed E-state index contributed by atoms with van der Waals surface area (Å²) in [7, 11) is 5.53. The Balaban J connectivity index is 1.74. The van der Waals surface area contributed by atoms with Crippen LogP contribution in [0.15, 0.2) is 42.5 Å². The van der Waals surface area contributed by atoms with Crippen LogP contribution in [0.3, 0.4) is 0 Å². The number of amides is 2. The average molecular weight is 397 g/mol. The molecule has 154 valence electrons. The molecule has 1 aliphatic heterocycles. The van der Waals surface area contributed by atoms with E-state index in [0.29, 0.717) is 23.7 Å². The number of likely N-dealkylation sites (N-methyl/N-ethyl adjacent to an activating group) is 1. The first kappa shape index (κ1) is 20.7. The van der Waals surface area contributed by atoms with Crippen molar-refractivity contribution in [3.63, 3.8) is 0 Å². The van der Waals surface area contributed by atoms with Gasteiger partial charge in [0.15, 0.2) is 6.10 Å². The van der Waals surface area contributed by atoms with E-state index in [9.17, 15) is 9.59 Å². The van der Waals surface area contributed by atoms with Gasteiger partial charge in [-0.3, -0.25) is 9.59 Å². The fourth-order valence-corrected chi connectivity index (χ4v) is 3.15. The lowest BCUT2D eigenvalue weighted by Crippen LogP contribution is -2.46. The van der Waals surface area contributed by atoms with Crippen LogP contribution in [-0.2, 0) is 16.0 Å². The summed E-state index contributed by atoms with van der Waals surface area (Å²) >= 11 is 0. The summed E-state index contributed by atoms with van der Waals surface area (Å²) in [4.78, 5) is 28.8. The number of methoxy groups -OCH3 is 1. The van der Waals surface area contributed by atoms with Crippen molar-refractivity contribution < 1.29 is 19.1 Å². The summed E-state index contributed by atoms with van der Waals surface area (Å²) in [6.45, 7) is 3.03. The van der Waals surface area contributed by atoms with Crippen molar-refractivity contribution in [2.45, 2.75) is 19.4 Å². The highest BCUT2D eigenvalue weighted by Crippen LogP contribution is 2.36. The first-order chi connectivity index (χ1) is 13.9. The molecule has 0 fully saturated rings. The van der Waals surface area contributed by atoms with E-state index >= 15 is 0 Å². The Labute approximate surface area is 171 Å². The van der Waals surface area contributed by atoms with Crippen LogP contribution in [0, 0.1) is 0 Å². The molecular weight excluding hydrogens is 370 g/mol. The molecule has 29 heavy (non-hydrogen) atoms. The number of rotatable bonds is 7. The molecular formula is C22H27N3O4.